The predicted molar refractivity (Wildman–Crippen MR) is 71.0 cm³/mol. The van der Waals surface area contributed by atoms with Gasteiger partial charge in [0, 0.05) is 11.8 Å². The first-order valence-corrected chi connectivity index (χ1v) is 5.50. The van der Waals surface area contributed by atoms with Gasteiger partial charge in [0.25, 0.3) is 0 Å². The van der Waals surface area contributed by atoms with Crippen LogP contribution in [0.1, 0.15) is 21.5 Å². The van der Waals surface area contributed by atoms with E-state index < -0.39 is 0 Å². The number of nitrogens with zero attached hydrogens (tertiary/aromatic N) is 1. The number of nitrogens with two attached hydrogens (primary N) is 1. The average molecular weight is 236 g/mol. The van der Waals surface area contributed by atoms with Crippen molar-refractivity contribution in [3.63, 3.8) is 0 Å². The first kappa shape index (κ1) is 11.9. The molecule has 0 aliphatic carbocycles. The molecule has 0 bridgehead atoms. The summed E-state index contributed by atoms with van der Waals surface area (Å²) in [5.74, 6) is 5.27. The van der Waals surface area contributed by atoms with Crippen LogP contribution in [0.4, 0.5) is 5.82 Å². The first-order valence-electron chi connectivity index (χ1n) is 5.50. The van der Waals surface area contributed by atoms with Crippen LogP contribution in [0.3, 0.4) is 0 Å². The van der Waals surface area contributed by atoms with Crippen molar-refractivity contribution in [2.45, 2.75) is 6.92 Å². The molecule has 2 N–H and O–H groups in total. The van der Waals surface area contributed by atoms with Crippen LogP contribution in [-0.2, 0) is 0 Å². The molecule has 0 radical (unpaired) electrons. The number of anilines is 1. The number of Topliss-reactive ketones (excluding diaryl/α,β-unsaturated/α-hetero) is 1. The third-order valence-corrected chi connectivity index (χ3v) is 2.46. The van der Waals surface area contributed by atoms with Gasteiger partial charge in [-0.25, -0.2) is 4.98 Å². The molecular formula is C15H12N2O. The molecule has 3 heteroatoms. The summed E-state index contributed by atoms with van der Waals surface area (Å²) in [6.45, 7) is 2.00. The molecular weight excluding hydrogens is 224 g/mol. The molecule has 88 valence electrons. The molecule has 0 aliphatic rings. The van der Waals surface area contributed by atoms with E-state index >= 15 is 0 Å². The maximum Gasteiger partial charge on any atom is 0.239 e. The van der Waals surface area contributed by atoms with Crippen LogP contribution in [0.25, 0.3) is 0 Å². The highest BCUT2D eigenvalue weighted by atomic mass is 16.1. The van der Waals surface area contributed by atoms with E-state index in [4.69, 9.17) is 5.73 Å². The summed E-state index contributed by atoms with van der Waals surface area (Å²) in [4.78, 5) is 15.7. The van der Waals surface area contributed by atoms with Gasteiger partial charge in [0.15, 0.2) is 0 Å². The van der Waals surface area contributed by atoms with Crippen LogP contribution < -0.4 is 5.73 Å². The SMILES string of the molecule is Cc1ccc(C#CC(=O)c2cccnc2N)cc1. The van der Waals surface area contributed by atoms with Crippen molar-refractivity contribution >= 4 is 11.6 Å². The molecule has 0 unspecified atom stereocenters. The molecule has 0 spiro atoms. The standard InChI is InChI=1S/C15H12N2O/c1-11-4-6-12(7-5-11)8-9-14(18)13-3-2-10-17-15(13)16/h2-7,10H,1H3,(H2,16,17). The second-order valence-electron chi connectivity index (χ2n) is 3.88. The van der Waals surface area contributed by atoms with Gasteiger partial charge in [-0.05, 0) is 37.1 Å². The molecule has 1 heterocycles. The molecule has 0 atom stereocenters. The van der Waals surface area contributed by atoms with Crippen molar-refractivity contribution in [3.05, 3.63) is 59.3 Å². The molecule has 0 saturated heterocycles. The normalized spacial score (nSPS) is 9.39. The summed E-state index contributed by atoms with van der Waals surface area (Å²) in [5.41, 5.74) is 7.91. The number of rotatable bonds is 1. The van der Waals surface area contributed by atoms with Gasteiger partial charge in [-0.3, -0.25) is 4.79 Å². The van der Waals surface area contributed by atoms with E-state index in [2.05, 4.69) is 16.8 Å². The highest BCUT2D eigenvalue weighted by molar-refractivity contribution is 6.11. The quantitative estimate of drug-likeness (QED) is 0.610. The number of carbonyl (C=O) groups excluding carboxylic acids is 1. The van der Waals surface area contributed by atoms with Crippen LogP contribution in [0.15, 0.2) is 42.6 Å². The lowest BCUT2D eigenvalue weighted by atomic mass is 10.1. The highest BCUT2D eigenvalue weighted by Gasteiger charge is 2.06. The lowest BCUT2D eigenvalue weighted by molar-refractivity contribution is 0.105. The lowest BCUT2D eigenvalue weighted by Gasteiger charge is -1.97. The highest BCUT2D eigenvalue weighted by Crippen LogP contribution is 2.07. The van der Waals surface area contributed by atoms with Crippen LogP contribution in [0.5, 0.6) is 0 Å². The number of aromatic nitrogens is 1. The molecule has 0 saturated carbocycles. The number of pyridine rings is 1. The smallest absolute Gasteiger partial charge is 0.239 e. The minimum Gasteiger partial charge on any atom is -0.383 e. The van der Waals surface area contributed by atoms with Crippen molar-refractivity contribution in [2.24, 2.45) is 0 Å². The van der Waals surface area contributed by atoms with Crippen LogP contribution >= 0.6 is 0 Å². The topological polar surface area (TPSA) is 56.0 Å². The summed E-state index contributed by atoms with van der Waals surface area (Å²) in [6.07, 6.45) is 1.54. The van der Waals surface area contributed by atoms with E-state index in [0.717, 1.165) is 11.1 Å². The van der Waals surface area contributed by atoms with Gasteiger partial charge in [-0.15, -0.1) is 0 Å². The first-order chi connectivity index (χ1) is 8.66. The maximum atomic E-state index is 11.8. The maximum absolute atomic E-state index is 11.8. The Morgan fingerprint density at radius 2 is 1.94 bits per heavy atom. The number of carbonyl (C=O) groups is 1. The Morgan fingerprint density at radius 3 is 2.61 bits per heavy atom. The summed E-state index contributed by atoms with van der Waals surface area (Å²) in [7, 11) is 0. The van der Waals surface area contributed by atoms with Gasteiger partial charge in [-0.1, -0.05) is 23.6 Å². The van der Waals surface area contributed by atoms with Crippen LogP contribution in [-0.4, -0.2) is 10.8 Å². The van der Waals surface area contributed by atoms with Gasteiger partial charge in [0.1, 0.15) is 5.82 Å². The number of ketones is 1. The van der Waals surface area contributed by atoms with Crippen LogP contribution in [0.2, 0.25) is 0 Å². The molecule has 18 heavy (non-hydrogen) atoms. The van der Waals surface area contributed by atoms with Crippen LogP contribution in [0, 0.1) is 18.8 Å². The number of aryl methyl sites for hydroxylation is 1. The lowest BCUT2D eigenvalue weighted by Crippen LogP contribution is -2.02. The Kier molecular flexibility index (Phi) is 3.40. The van der Waals surface area contributed by atoms with E-state index in [-0.39, 0.29) is 11.6 Å². The third kappa shape index (κ3) is 2.74. The van der Waals surface area contributed by atoms with Crippen molar-refractivity contribution in [3.8, 4) is 11.8 Å². The van der Waals surface area contributed by atoms with Gasteiger partial charge < -0.3 is 5.73 Å². The fourth-order valence-corrected chi connectivity index (χ4v) is 1.44. The molecule has 1 aromatic carbocycles. The second-order valence-corrected chi connectivity index (χ2v) is 3.88. The van der Waals surface area contributed by atoms with Gasteiger partial charge in [0.05, 0.1) is 5.56 Å². The molecule has 1 aromatic heterocycles. The molecule has 0 amide bonds. The van der Waals surface area contributed by atoms with E-state index in [1.807, 2.05) is 31.2 Å². The minimum absolute atomic E-state index is 0.209. The van der Waals surface area contributed by atoms with Gasteiger partial charge >= 0.3 is 0 Å². The fraction of sp³-hybridized carbons (Fsp3) is 0.0667. The van der Waals surface area contributed by atoms with Crippen molar-refractivity contribution < 1.29 is 4.79 Å². The average Bonchev–Trinajstić information content (AvgIpc) is 2.38. The third-order valence-electron chi connectivity index (χ3n) is 2.46. The number of hydrogen-bond acceptors (Lipinski definition) is 3. The zero-order chi connectivity index (χ0) is 13.0. The zero-order valence-electron chi connectivity index (χ0n) is 9.97. The van der Waals surface area contributed by atoms with Gasteiger partial charge in [-0.2, -0.15) is 0 Å². The summed E-state index contributed by atoms with van der Waals surface area (Å²) >= 11 is 0. The minimum atomic E-state index is -0.318. The summed E-state index contributed by atoms with van der Waals surface area (Å²) in [6, 6.07) is 10.9. The number of hydrogen-bond donors (Lipinski definition) is 1. The summed E-state index contributed by atoms with van der Waals surface area (Å²) < 4.78 is 0. The number of benzene rings is 1. The van der Waals surface area contributed by atoms with E-state index in [0.29, 0.717) is 5.56 Å². The molecule has 2 rings (SSSR count). The zero-order valence-corrected chi connectivity index (χ0v) is 9.97. The van der Waals surface area contributed by atoms with Crippen molar-refractivity contribution in [2.75, 3.05) is 5.73 Å². The van der Waals surface area contributed by atoms with E-state index in [1.165, 1.54) is 0 Å². The number of nitrogen functional groups attached to an aromatic ring is 1. The van der Waals surface area contributed by atoms with E-state index in [1.54, 1.807) is 18.3 Å². The van der Waals surface area contributed by atoms with Gasteiger partial charge in [0.2, 0.25) is 5.78 Å². The Morgan fingerprint density at radius 1 is 1.22 bits per heavy atom. The van der Waals surface area contributed by atoms with E-state index in [9.17, 15) is 4.79 Å². The van der Waals surface area contributed by atoms with Crippen molar-refractivity contribution in [1.29, 1.82) is 0 Å². The summed E-state index contributed by atoms with van der Waals surface area (Å²) in [5, 5.41) is 0. The molecule has 0 aliphatic heterocycles. The molecule has 3 nitrogen and oxygen atoms in total. The molecule has 2 aromatic rings. The monoisotopic (exact) mass is 236 g/mol. The Balaban J connectivity index is 2.23. The predicted octanol–water partition coefficient (Wildman–Crippen LogP) is 2.21. The molecule has 0 fully saturated rings. The Hall–Kier alpha value is -2.60. The second kappa shape index (κ2) is 5.15. The largest absolute Gasteiger partial charge is 0.383 e. The Bertz CT molecular complexity index is 634. The van der Waals surface area contributed by atoms with Crippen molar-refractivity contribution in [1.82, 2.24) is 4.98 Å². The Labute approximate surface area is 106 Å². The fourth-order valence-electron chi connectivity index (χ4n) is 1.44.